The van der Waals surface area contributed by atoms with Crippen LogP contribution in [0, 0.1) is 0 Å². The van der Waals surface area contributed by atoms with E-state index in [4.69, 9.17) is 0 Å². The van der Waals surface area contributed by atoms with Crippen molar-refractivity contribution < 1.29 is 27.2 Å². The number of carbonyl (C=O) groups is 1. The molecule has 0 spiro atoms. The third-order valence-corrected chi connectivity index (χ3v) is 2.16. The Morgan fingerprint density at radius 2 is 2.12 bits per heavy atom. The van der Waals surface area contributed by atoms with Crippen molar-refractivity contribution in [2.24, 2.45) is 0 Å². The Morgan fingerprint density at radius 1 is 1.41 bits per heavy atom. The molecule has 0 bridgehead atoms. The van der Waals surface area contributed by atoms with E-state index in [1.807, 2.05) is 0 Å². The first-order chi connectivity index (χ1) is 7.93. The molecule has 0 N–H and O–H groups in total. The van der Waals surface area contributed by atoms with Crippen LogP contribution in [0.25, 0.3) is 11.0 Å². The zero-order chi connectivity index (χ0) is 12.6. The lowest BCUT2D eigenvalue weighted by atomic mass is 10.1. The number of methoxy groups -OCH3 is 1. The van der Waals surface area contributed by atoms with Crippen molar-refractivity contribution in [1.82, 2.24) is 5.16 Å². The lowest BCUT2D eigenvalue weighted by molar-refractivity contribution is -0.141. The van der Waals surface area contributed by atoms with Crippen LogP contribution in [0.3, 0.4) is 0 Å². The molecular weight excluding hydrogens is 239 g/mol. The molecular formula is C10H6F3NO3. The first kappa shape index (κ1) is 11.4. The van der Waals surface area contributed by atoms with Crippen LogP contribution >= 0.6 is 0 Å². The quantitative estimate of drug-likeness (QED) is 0.724. The zero-order valence-corrected chi connectivity index (χ0v) is 8.54. The molecule has 0 aliphatic carbocycles. The maximum absolute atomic E-state index is 12.5. The van der Waals surface area contributed by atoms with Gasteiger partial charge in [0.05, 0.1) is 18.1 Å². The molecule has 0 unspecified atom stereocenters. The van der Waals surface area contributed by atoms with Crippen molar-refractivity contribution in [1.29, 1.82) is 0 Å². The average Bonchev–Trinajstić information content (AvgIpc) is 2.70. The molecule has 0 aliphatic heterocycles. The Kier molecular flexibility index (Phi) is 2.53. The molecule has 0 radical (unpaired) electrons. The Balaban J connectivity index is 2.62. The number of esters is 1. The maximum Gasteiger partial charge on any atom is 0.437 e. The third-order valence-electron chi connectivity index (χ3n) is 2.16. The first-order valence-electron chi connectivity index (χ1n) is 4.48. The monoisotopic (exact) mass is 245 g/mol. The van der Waals surface area contributed by atoms with Crippen LogP contribution < -0.4 is 0 Å². The van der Waals surface area contributed by atoms with Crippen molar-refractivity contribution in [3.8, 4) is 0 Å². The topological polar surface area (TPSA) is 52.3 Å². The van der Waals surface area contributed by atoms with E-state index in [-0.39, 0.29) is 16.5 Å². The molecule has 1 heterocycles. The molecule has 7 heteroatoms. The number of halogens is 3. The average molecular weight is 245 g/mol. The largest absolute Gasteiger partial charge is 0.465 e. The van der Waals surface area contributed by atoms with Crippen LogP contribution in [-0.2, 0) is 10.9 Å². The highest BCUT2D eigenvalue weighted by atomic mass is 19.4. The summed E-state index contributed by atoms with van der Waals surface area (Å²) in [7, 11) is 1.14. The fourth-order valence-corrected chi connectivity index (χ4v) is 1.39. The van der Waals surface area contributed by atoms with E-state index in [0.717, 1.165) is 13.2 Å². The maximum atomic E-state index is 12.5. The van der Waals surface area contributed by atoms with E-state index in [2.05, 4.69) is 14.4 Å². The van der Waals surface area contributed by atoms with Crippen LogP contribution in [-0.4, -0.2) is 18.2 Å². The van der Waals surface area contributed by atoms with E-state index < -0.39 is 17.8 Å². The summed E-state index contributed by atoms with van der Waals surface area (Å²) in [6.07, 6.45) is -4.63. The number of benzene rings is 1. The van der Waals surface area contributed by atoms with Gasteiger partial charge in [-0.05, 0) is 18.2 Å². The highest BCUT2D eigenvalue weighted by Gasteiger charge is 2.37. The van der Waals surface area contributed by atoms with Gasteiger partial charge < -0.3 is 9.26 Å². The number of fused-ring (bicyclic) bond motifs is 1. The predicted octanol–water partition coefficient (Wildman–Crippen LogP) is 2.63. The standard InChI is InChI=1S/C10H6F3NO3/c1-16-9(15)5-2-3-7-6(4-5)8(14-17-7)10(11,12)13/h2-4H,1H3. The van der Waals surface area contributed by atoms with Crippen molar-refractivity contribution in [2.45, 2.75) is 6.18 Å². The summed E-state index contributed by atoms with van der Waals surface area (Å²) in [4.78, 5) is 11.2. The molecule has 0 fully saturated rings. The van der Waals surface area contributed by atoms with Gasteiger partial charge in [0, 0.05) is 0 Å². The van der Waals surface area contributed by atoms with E-state index in [1.54, 1.807) is 0 Å². The van der Waals surface area contributed by atoms with Crippen molar-refractivity contribution >= 4 is 16.9 Å². The molecule has 17 heavy (non-hydrogen) atoms. The van der Waals surface area contributed by atoms with Crippen LogP contribution in [0.5, 0.6) is 0 Å². The number of hydrogen-bond acceptors (Lipinski definition) is 4. The minimum absolute atomic E-state index is 0.00806. The number of alkyl halides is 3. The van der Waals surface area contributed by atoms with Gasteiger partial charge in [0.25, 0.3) is 0 Å². The SMILES string of the molecule is COC(=O)c1ccc2onc(C(F)(F)F)c2c1. The van der Waals surface area contributed by atoms with Gasteiger partial charge in [0.15, 0.2) is 11.3 Å². The lowest BCUT2D eigenvalue weighted by Crippen LogP contribution is -2.06. The van der Waals surface area contributed by atoms with Crippen molar-refractivity contribution in [3.63, 3.8) is 0 Å². The third kappa shape index (κ3) is 1.95. The van der Waals surface area contributed by atoms with Gasteiger partial charge in [0.2, 0.25) is 0 Å². The number of nitrogens with zero attached hydrogens (tertiary/aromatic N) is 1. The number of ether oxygens (including phenoxy) is 1. The summed E-state index contributed by atoms with van der Waals surface area (Å²) >= 11 is 0. The molecule has 0 amide bonds. The fourth-order valence-electron chi connectivity index (χ4n) is 1.39. The van der Waals surface area contributed by atoms with Gasteiger partial charge >= 0.3 is 12.1 Å². The molecule has 0 saturated carbocycles. The Labute approximate surface area is 92.9 Å². The van der Waals surface area contributed by atoms with E-state index in [9.17, 15) is 18.0 Å². The summed E-state index contributed by atoms with van der Waals surface area (Å²) in [6, 6.07) is 3.59. The van der Waals surface area contributed by atoms with Crippen LogP contribution in [0.1, 0.15) is 16.1 Å². The number of carbonyl (C=O) groups excluding carboxylic acids is 1. The van der Waals surface area contributed by atoms with Gasteiger partial charge in [0.1, 0.15) is 0 Å². The molecule has 1 aromatic carbocycles. The van der Waals surface area contributed by atoms with Crippen molar-refractivity contribution in [2.75, 3.05) is 7.11 Å². The van der Waals surface area contributed by atoms with Gasteiger partial charge in [-0.25, -0.2) is 4.79 Å². The molecule has 0 aliphatic rings. The van der Waals surface area contributed by atoms with Gasteiger partial charge in [-0.2, -0.15) is 13.2 Å². The molecule has 4 nitrogen and oxygen atoms in total. The molecule has 0 atom stereocenters. The normalized spacial score (nSPS) is 11.8. The van der Waals surface area contributed by atoms with E-state index in [1.165, 1.54) is 12.1 Å². The number of hydrogen-bond donors (Lipinski definition) is 0. The number of rotatable bonds is 1. The summed E-state index contributed by atoms with van der Waals surface area (Å²) in [6.45, 7) is 0. The summed E-state index contributed by atoms with van der Waals surface area (Å²) in [5, 5.41) is 2.68. The van der Waals surface area contributed by atoms with Gasteiger partial charge in [-0.1, -0.05) is 5.16 Å². The molecule has 90 valence electrons. The smallest absolute Gasteiger partial charge is 0.437 e. The second-order valence-corrected chi connectivity index (χ2v) is 3.23. The molecule has 2 rings (SSSR count). The molecule has 1 aromatic heterocycles. The Bertz CT molecular complexity index is 574. The van der Waals surface area contributed by atoms with E-state index >= 15 is 0 Å². The van der Waals surface area contributed by atoms with Crippen molar-refractivity contribution in [3.05, 3.63) is 29.5 Å². The highest BCUT2D eigenvalue weighted by molar-refractivity contribution is 5.94. The number of aromatic nitrogens is 1. The molecule has 0 saturated heterocycles. The van der Waals surface area contributed by atoms with Crippen LogP contribution in [0.4, 0.5) is 13.2 Å². The Morgan fingerprint density at radius 3 is 2.71 bits per heavy atom. The van der Waals surface area contributed by atoms with Gasteiger partial charge in [-0.3, -0.25) is 0 Å². The second-order valence-electron chi connectivity index (χ2n) is 3.23. The Hall–Kier alpha value is -2.05. The summed E-state index contributed by atoms with van der Waals surface area (Å²) in [5.41, 5.74) is -1.18. The first-order valence-corrected chi connectivity index (χ1v) is 4.48. The lowest BCUT2D eigenvalue weighted by Gasteiger charge is -2.02. The minimum Gasteiger partial charge on any atom is -0.465 e. The predicted molar refractivity (Wildman–Crippen MR) is 50.4 cm³/mol. The summed E-state index contributed by atoms with van der Waals surface area (Å²) < 4.78 is 46.5. The fraction of sp³-hybridized carbons (Fsp3) is 0.200. The van der Waals surface area contributed by atoms with Gasteiger partial charge in [-0.15, -0.1) is 0 Å². The second kappa shape index (κ2) is 3.76. The van der Waals surface area contributed by atoms with E-state index in [0.29, 0.717) is 0 Å². The summed E-state index contributed by atoms with van der Waals surface area (Å²) in [5.74, 6) is -0.721. The van der Waals surface area contributed by atoms with Crippen LogP contribution in [0.15, 0.2) is 22.7 Å². The van der Waals surface area contributed by atoms with Crippen LogP contribution in [0.2, 0.25) is 0 Å². The molecule has 2 aromatic rings. The highest BCUT2D eigenvalue weighted by Crippen LogP contribution is 2.34. The minimum atomic E-state index is -4.63. The zero-order valence-electron chi connectivity index (χ0n) is 8.54.